The number of anilines is 2. The van der Waals surface area contributed by atoms with Gasteiger partial charge in [-0.05, 0) is 25.5 Å². The zero-order chi connectivity index (χ0) is 13.8. The minimum atomic E-state index is -4.36. The van der Waals surface area contributed by atoms with Gasteiger partial charge in [-0.1, -0.05) is 13.3 Å². The topological polar surface area (TPSA) is 37.0 Å². The predicted octanol–water partition coefficient (Wildman–Crippen LogP) is 3.74. The fraction of sp³-hybridized carbons (Fsp3) is 0.583. The summed E-state index contributed by atoms with van der Waals surface area (Å²) in [6, 6.07) is 2.12. The molecule has 102 valence electrons. The number of pyridine rings is 1. The molecule has 0 bridgehead atoms. The lowest BCUT2D eigenvalue weighted by molar-refractivity contribution is -0.137. The summed E-state index contributed by atoms with van der Waals surface area (Å²) in [5, 5.41) is 5.61. The zero-order valence-corrected chi connectivity index (χ0v) is 10.7. The first-order valence-electron chi connectivity index (χ1n) is 5.90. The molecule has 6 heteroatoms. The van der Waals surface area contributed by atoms with Crippen molar-refractivity contribution in [1.82, 2.24) is 4.98 Å². The van der Waals surface area contributed by atoms with Gasteiger partial charge in [0.15, 0.2) is 0 Å². The van der Waals surface area contributed by atoms with E-state index >= 15 is 0 Å². The van der Waals surface area contributed by atoms with Crippen LogP contribution in [0.3, 0.4) is 0 Å². The summed E-state index contributed by atoms with van der Waals surface area (Å²) in [5.74, 6) is 0.450. The van der Waals surface area contributed by atoms with Crippen LogP contribution in [0.15, 0.2) is 12.1 Å². The molecule has 1 rings (SSSR count). The average molecular weight is 261 g/mol. The molecule has 1 atom stereocenters. The molecule has 0 saturated carbocycles. The highest BCUT2D eigenvalue weighted by atomic mass is 19.4. The number of rotatable bonds is 5. The van der Waals surface area contributed by atoms with E-state index in [9.17, 15) is 13.2 Å². The number of hydrogen-bond donors (Lipinski definition) is 2. The third-order valence-electron chi connectivity index (χ3n) is 2.52. The summed E-state index contributed by atoms with van der Waals surface area (Å²) in [4.78, 5) is 4.07. The fourth-order valence-electron chi connectivity index (χ4n) is 1.65. The second kappa shape index (κ2) is 5.93. The lowest BCUT2D eigenvalue weighted by Gasteiger charge is -2.16. The second-order valence-electron chi connectivity index (χ2n) is 4.21. The third-order valence-corrected chi connectivity index (χ3v) is 2.52. The number of nitrogens with one attached hydrogen (secondary N) is 2. The second-order valence-corrected chi connectivity index (χ2v) is 4.21. The maximum atomic E-state index is 12.7. The van der Waals surface area contributed by atoms with Gasteiger partial charge < -0.3 is 10.6 Å². The Hall–Kier alpha value is -1.46. The summed E-state index contributed by atoms with van der Waals surface area (Å²) < 4.78 is 38.1. The lowest BCUT2D eigenvalue weighted by Crippen LogP contribution is -2.17. The lowest BCUT2D eigenvalue weighted by atomic mass is 10.2. The Morgan fingerprint density at radius 3 is 2.39 bits per heavy atom. The Kier molecular flexibility index (Phi) is 4.81. The maximum Gasteiger partial charge on any atom is 0.416 e. The normalized spacial score (nSPS) is 13.2. The van der Waals surface area contributed by atoms with Gasteiger partial charge in [0.05, 0.1) is 5.56 Å². The van der Waals surface area contributed by atoms with E-state index in [-0.39, 0.29) is 17.7 Å². The van der Waals surface area contributed by atoms with Crippen LogP contribution < -0.4 is 10.6 Å². The Morgan fingerprint density at radius 1 is 1.28 bits per heavy atom. The van der Waals surface area contributed by atoms with Crippen molar-refractivity contribution in [3.63, 3.8) is 0 Å². The Balaban J connectivity index is 2.97. The Labute approximate surface area is 105 Å². The van der Waals surface area contributed by atoms with E-state index in [0.29, 0.717) is 0 Å². The highest BCUT2D eigenvalue weighted by Crippen LogP contribution is 2.32. The van der Waals surface area contributed by atoms with Gasteiger partial charge in [-0.15, -0.1) is 0 Å². The third kappa shape index (κ3) is 4.09. The minimum Gasteiger partial charge on any atom is -0.373 e. The fourth-order valence-corrected chi connectivity index (χ4v) is 1.65. The van der Waals surface area contributed by atoms with Crippen molar-refractivity contribution in [2.45, 2.75) is 38.9 Å². The van der Waals surface area contributed by atoms with Crippen molar-refractivity contribution < 1.29 is 13.2 Å². The van der Waals surface area contributed by atoms with Crippen LogP contribution in [-0.2, 0) is 6.18 Å². The SMILES string of the molecule is CCCC(C)Nc1cc(C(F)(F)F)cc(NC)n1. The smallest absolute Gasteiger partial charge is 0.373 e. The van der Waals surface area contributed by atoms with E-state index in [2.05, 4.69) is 15.6 Å². The van der Waals surface area contributed by atoms with Crippen molar-refractivity contribution in [3.8, 4) is 0 Å². The van der Waals surface area contributed by atoms with Crippen LogP contribution in [0.4, 0.5) is 24.8 Å². The van der Waals surface area contributed by atoms with Crippen LogP contribution in [0.5, 0.6) is 0 Å². The first-order chi connectivity index (χ1) is 8.36. The van der Waals surface area contributed by atoms with Crippen molar-refractivity contribution in [3.05, 3.63) is 17.7 Å². The van der Waals surface area contributed by atoms with Crippen molar-refractivity contribution >= 4 is 11.6 Å². The predicted molar refractivity (Wildman–Crippen MR) is 66.8 cm³/mol. The van der Waals surface area contributed by atoms with Gasteiger partial charge in [0.2, 0.25) is 0 Å². The van der Waals surface area contributed by atoms with Crippen LogP contribution in [0.25, 0.3) is 0 Å². The molecule has 0 fully saturated rings. The van der Waals surface area contributed by atoms with E-state index in [1.807, 2.05) is 13.8 Å². The van der Waals surface area contributed by atoms with Gasteiger partial charge in [-0.25, -0.2) is 4.98 Å². The standard InChI is InChI=1S/C12H18F3N3/c1-4-5-8(2)17-11-7-9(12(13,14)15)6-10(16-3)18-11/h6-8H,4-5H2,1-3H3,(H2,16,17,18). The van der Waals surface area contributed by atoms with Crippen LogP contribution >= 0.6 is 0 Å². The molecule has 1 aromatic heterocycles. The molecule has 0 saturated heterocycles. The van der Waals surface area contributed by atoms with Crippen molar-refractivity contribution in [1.29, 1.82) is 0 Å². The van der Waals surface area contributed by atoms with Crippen LogP contribution in [0, 0.1) is 0 Å². The van der Waals surface area contributed by atoms with E-state index in [1.54, 1.807) is 7.05 Å². The van der Waals surface area contributed by atoms with Crippen LogP contribution in [0.2, 0.25) is 0 Å². The minimum absolute atomic E-state index is 0.0932. The number of aromatic nitrogens is 1. The summed E-state index contributed by atoms with van der Waals surface area (Å²) in [6.45, 7) is 3.95. The van der Waals surface area contributed by atoms with E-state index in [0.717, 1.165) is 25.0 Å². The molecule has 1 unspecified atom stereocenters. The number of hydrogen-bond acceptors (Lipinski definition) is 3. The molecule has 1 aromatic rings. The van der Waals surface area contributed by atoms with E-state index < -0.39 is 11.7 Å². The van der Waals surface area contributed by atoms with Gasteiger partial charge >= 0.3 is 6.18 Å². The van der Waals surface area contributed by atoms with Gasteiger partial charge in [-0.3, -0.25) is 0 Å². The number of nitrogens with zero attached hydrogens (tertiary/aromatic N) is 1. The van der Waals surface area contributed by atoms with Gasteiger partial charge in [-0.2, -0.15) is 13.2 Å². The molecule has 1 heterocycles. The average Bonchev–Trinajstić information content (AvgIpc) is 2.27. The summed E-state index contributed by atoms with van der Waals surface area (Å²) in [6.07, 6.45) is -2.52. The monoisotopic (exact) mass is 261 g/mol. The van der Waals surface area contributed by atoms with E-state index in [4.69, 9.17) is 0 Å². The summed E-state index contributed by atoms with van der Waals surface area (Å²) in [5.41, 5.74) is -0.701. The first kappa shape index (κ1) is 14.6. The largest absolute Gasteiger partial charge is 0.416 e. The molecule has 0 aliphatic carbocycles. The number of alkyl halides is 3. The Bertz CT molecular complexity index is 391. The van der Waals surface area contributed by atoms with Crippen molar-refractivity contribution in [2.24, 2.45) is 0 Å². The molecule has 2 N–H and O–H groups in total. The molecule has 0 radical (unpaired) electrons. The highest BCUT2D eigenvalue weighted by Gasteiger charge is 2.31. The molecular formula is C12H18F3N3. The molecule has 3 nitrogen and oxygen atoms in total. The van der Waals surface area contributed by atoms with Gasteiger partial charge in [0.1, 0.15) is 11.6 Å². The Morgan fingerprint density at radius 2 is 1.89 bits per heavy atom. The van der Waals surface area contributed by atoms with Crippen molar-refractivity contribution in [2.75, 3.05) is 17.7 Å². The molecule has 0 spiro atoms. The van der Waals surface area contributed by atoms with E-state index in [1.165, 1.54) is 0 Å². The van der Waals surface area contributed by atoms with Crippen LogP contribution in [0.1, 0.15) is 32.3 Å². The molecule has 18 heavy (non-hydrogen) atoms. The summed E-state index contributed by atoms with van der Waals surface area (Å²) in [7, 11) is 1.54. The molecule has 0 aromatic carbocycles. The zero-order valence-electron chi connectivity index (χ0n) is 10.7. The van der Waals surface area contributed by atoms with Gasteiger partial charge in [0.25, 0.3) is 0 Å². The molecule has 0 aliphatic heterocycles. The molecular weight excluding hydrogens is 243 g/mol. The van der Waals surface area contributed by atoms with Crippen LogP contribution in [-0.4, -0.2) is 18.1 Å². The highest BCUT2D eigenvalue weighted by molar-refractivity contribution is 5.49. The molecule has 0 aliphatic rings. The molecule has 0 amide bonds. The quantitative estimate of drug-likeness (QED) is 0.847. The first-order valence-corrected chi connectivity index (χ1v) is 5.90. The maximum absolute atomic E-state index is 12.7. The number of halogens is 3. The van der Waals surface area contributed by atoms with Gasteiger partial charge in [0, 0.05) is 13.1 Å². The summed E-state index contributed by atoms with van der Waals surface area (Å²) >= 11 is 0.